The first-order valence-electron chi connectivity index (χ1n) is 10.4. The van der Waals surface area contributed by atoms with Crippen molar-refractivity contribution in [2.75, 3.05) is 20.8 Å². The molecule has 2 aromatic rings. The van der Waals surface area contributed by atoms with Gasteiger partial charge in [-0.05, 0) is 47.2 Å². The van der Waals surface area contributed by atoms with Crippen molar-refractivity contribution in [2.24, 2.45) is 0 Å². The highest BCUT2D eigenvalue weighted by Gasteiger charge is 2.30. The molecule has 170 valence electrons. The molecular formula is C23H31O7P. The lowest BCUT2D eigenvalue weighted by molar-refractivity contribution is -0.111. The van der Waals surface area contributed by atoms with Gasteiger partial charge in [-0.25, -0.2) is 0 Å². The smallest absolute Gasteiger partial charge is 0.327 e. The summed E-state index contributed by atoms with van der Waals surface area (Å²) in [6.45, 7) is 2.17. The van der Waals surface area contributed by atoms with Gasteiger partial charge in [0.05, 0.1) is 39.1 Å². The molecule has 1 fully saturated rings. The van der Waals surface area contributed by atoms with Crippen LogP contribution in [0, 0.1) is 0 Å². The van der Waals surface area contributed by atoms with E-state index in [1.807, 2.05) is 24.3 Å². The number of aliphatic hydroxyl groups excluding tert-OH is 1. The molecular weight excluding hydrogens is 419 g/mol. The lowest BCUT2D eigenvalue weighted by atomic mass is 9.91. The fourth-order valence-electron chi connectivity index (χ4n) is 4.03. The maximum atomic E-state index is 10.3. The molecule has 31 heavy (non-hydrogen) atoms. The molecule has 0 saturated carbocycles. The van der Waals surface area contributed by atoms with Gasteiger partial charge in [0.2, 0.25) is 0 Å². The summed E-state index contributed by atoms with van der Waals surface area (Å²) in [4.78, 5) is 18.0. The Bertz CT molecular complexity index is 858. The largest absolute Gasteiger partial charge is 0.493 e. The van der Waals surface area contributed by atoms with E-state index in [2.05, 4.69) is 19.1 Å². The molecule has 3 unspecified atom stereocenters. The summed E-state index contributed by atoms with van der Waals surface area (Å²) >= 11 is 0. The molecule has 0 bridgehead atoms. The Morgan fingerprint density at radius 1 is 1.00 bits per heavy atom. The van der Waals surface area contributed by atoms with Gasteiger partial charge in [-0.1, -0.05) is 31.2 Å². The highest BCUT2D eigenvalue weighted by molar-refractivity contribution is 7.39. The molecule has 2 aromatic carbocycles. The molecule has 1 heterocycles. The van der Waals surface area contributed by atoms with Gasteiger partial charge < -0.3 is 33.6 Å². The fraction of sp³-hybridized carbons (Fsp3) is 0.478. The van der Waals surface area contributed by atoms with E-state index in [-0.39, 0.29) is 12.7 Å². The van der Waals surface area contributed by atoms with Crippen LogP contribution < -0.4 is 9.47 Å². The minimum absolute atomic E-state index is 0.0395. The SMILES string of the molecule is CCc1ccc(C2CC(O)CC(COP(O)O)O2)cc1Cc1ccc(OC)c(OC)c1. The number of hydrogen-bond acceptors (Lipinski definition) is 7. The number of benzene rings is 2. The number of rotatable bonds is 9. The molecule has 3 N–H and O–H groups in total. The van der Waals surface area contributed by atoms with Crippen LogP contribution in [0.1, 0.15) is 48.1 Å². The molecule has 1 aliphatic heterocycles. The van der Waals surface area contributed by atoms with Gasteiger partial charge in [-0.3, -0.25) is 0 Å². The average molecular weight is 450 g/mol. The Morgan fingerprint density at radius 3 is 2.45 bits per heavy atom. The van der Waals surface area contributed by atoms with Gasteiger partial charge in [0.1, 0.15) is 0 Å². The van der Waals surface area contributed by atoms with E-state index in [0.717, 1.165) is 24.0 Å². The van der Waals surface area contributed by atoms with Crippen molar-refractivity contribution in [3.05, 3.63) is 58.7 Å². The van der Waals surface area contributed by atoms with Crippen LogP contribution >= 0.6 is 8.60 Å². The summed E-state index contributed by atoms with van der Waals surface area (Å²) in [5.41, 5.74) is 4.55. The lowest BCUT2D eigenvalue weighted by Gasteiger charge is -2.33. The predicted molar refractivity (Wildman–Crippen MR) is 118 cm³/mol. The lowest BCUT2D eigenvalue weighted by Crippen LogP contribution is -2.34. The second-order valence-electron chi connectivity index (χ2n) is 7.67. The van der Waals surface area contributed by atoms with Gasteiger partial charge in [0.15, 0.2) is 11.5 Å². The van der Waals surface area contributed by atoms with Crippen LogP contribution in [0.3, 0.4) is 0 Å². The topological polar surface area (TPSA) is 97.6 Å². The summed E-state index contributed by atoms with van der Waals surface area (Å²) in [6, 6.07) is 12.2. The summed E-state index contributed by atoms with van der Waals surface area (Å²) in [5, 5.41) is 10.3. The summed E-state index contributed by atoms with van der Waals surface area (Å²) in [7, 11) is 0.811. The number of aliphatic hydroxyl groups is 1. The third kappa shape index (κ3) is 6.39. The van der Waals surface area contributed by atoms with Crippen molar-refractivity contribution in [1.29, 1.82) is 0 Å². The van der Waals surface area contributed by atoms with Crippen molar-refractivity contribution in [1.82, 2.24) is 0 Å². The molecule has 1 saturated heterocycles. The minimum atomic E-state index is -2.44. The Balaban J connectivity index is 1.81. The predicted octanol–water partition coefficient (Wildman–Crippen LogP) is 3.67. The third-order valence-corrected chi connectivity index (χ3v) is 5.96. The second kappa shape index (κ2) is 11.2. The molecule has 0 aliphatic carbocycles. The molecule has 0 aromatic heterocycles. The van der Waals surface area contributed by atoms with Crippen molar-refractivity contribution in [3.63, 3.8) is 0 Å². The molecule has 1 aliphatic rings. The molecule has 8 heteroatoms. The van der Waals surface area contributed by atoms with Crippen LogP contribution in [-0.2, 0) is 22.1 Å². The molecule has 3 atom stereocenters. The summed E-state index contributed by atoms with van der Waals surface area (Å²) in [5.74, 6) is 1.39. The Morgan fingerprint density at radius 2 is 1.77 bits per heavy atom. The van der Waals surface area contributed by atoms with Gasteiger partial charge in [-0.2, -0.15) is 0 Å². The molecule has 7 nitrogen and oxygen atoms in total. The zero-order chi connectivity index (χ0) is 22.4. The normalized spacial score (nSPS) is 21.3. The van der Waals surface area contributed by atoms with Crippen LogP contribution in [0.25, 0.3) is 0 Å². The number of ether oxygens (including phenoxy) is 3. The van der Waals surface area contributed by atoms with Crippen molar-refractivity contribution >= 4 is 8.60 Å². The van der Waals surface area contributed by atoms with Gasteiger partial charge in [0, 0.05) is 12.8 Å². The first-order valence-corrected chi connectivity index (χ1v) is 11.6. The average Bonchev–Trinajstić information content (AvgIpc) is 2.77. The molecule has 0 amide bonds. The summed E-state index contributed by atoms with van der Waals surface area (Å²) in [6.07, 6.45) is 1.34. The van der Waals surface area contributed by atoms with Gasteiger partial charge in [0.25, 0.3) is 0 Å². The second-order valence-corrected chi connectivity index (χ2v) is 8.43. The zero-order valence-corrected chi connectivity index (χ0v) is 19.0. The van der Waals surface area contributed by atoms with Crippen LogP contribution in [0.15, 0.2) is 36.4 Å². The maximum absolute atomic E-state index is 10.3. The van der Waals surface area contributed by atoms with Crippen LogP contribution in [0.4, 0.5) is 0 Å². The molecule has 0 spiro atoms. The molecule has 3 rings (SSSR count). The third-order valence-electron chi connectivity index (χ3n) is 5.58. The fourth-order valence-corrected chi connectivity index (χ4v) is 4.33. The van der Waals surface area contributed by atoms with Crippen LogP contribution in [0.5, 0.6) is 11.5 Å². The van der Waals surface area contributed by atoms with Crippen LogP contribution in [0.2, 0.25) is 0 Å². The minimum Gasteiger partial charge on any atom is -0.493 e. The number of aryl methyl sites for hydroxylation is 1. The van der Waals surface area contributed by atoms with Crippen molar-refractivity contribution < 1.29 is 33.6 Å². The molecule has 0 radical (unpaired) electrons. The van der Waals surface area contributed by atoms with Gasteiger partial charge in [-0.15, -0.1) is 0 Å². The van der Waals surface area contributed by atoms with E-state index in [1.165, 1.54) is 11.1 Å². The number of hydrogen-bond donors (Lipinski definition) is 3. The highest BCUT2D eigenvalue weighted by atomic mass is 31.2. The van der Waals surface area contributed by atoms with Gasteiger partial charge >= 0.3 is 8.60 Å². The highest BCUT2D eigenvalue weighted by Crippen LogP contribution is 2.35. The van der Waals surface area contributed by atoms with Crippen molar-refractivity contribution in [2.45, 2.75) is 50.9 Å². The summed E-state index contributed by atoms with van der Waals surface area (Å²) < 4.78 is 21.8. The number of methoxy groups -OCH3 is 2. The quantitative estimate of drug-likeness (QED) is 0.502. The first-order chi connectivity index (χ1) is 14.9. The standard InChI is InChI=1S/C23H31O7P/c1-4-16-6-7-17(22-13-19(24)12-20(30-22)14-29-31(25)26)11-18(16)9-15-5-8-21(27-2)23(10-15)28-3/h5-8,10-11,19-20,22,24-26H,4,9,12-14H2,1-3H3. The van der Waals surface area contributed by atoms with E-state index < -0.39 is 20.8 Å². The van der Waals surface area contributed by atoms with E-state index in [4.69, 9.17) is 28.5 Å². The Labute approximate surface area is 184 Å². The Hall–Kier alpha value is -1.73. The van der Waals surface area contributed by atoms with E-state index in [1.54, 1.807) is 14.2 Å². The zero-order valence-electron chi connectivity index (χ0n) is 18.2. The maximum Gasteiger partial charge on any atom is 0.327 e. The van der Waals surface area contributed by atoms with Crippen LogP contribution in [-0.4, -0.2) is 47.9 Å². The van der Waals surface area contributed by atoms with E-state index in [0.29, 0.717) is 24.3 Å². The van der Waals surface area contributed by atoms with E-state index >= 15 is 0 Å². The van der Waals surface area contributed by atoms with Crippen molar-refractivity contribution in [3.8, 4) is 11.5 Å². The van der Waals surface area contributed by atoms with E-state index in [9.17, 15) is 5.11 Å². The monoisotopic (exact) mass is 450 g/mol. The Kier molecular flexibility index (Phi) is 8.67. The first kappa shape index (κ1) is 23.9.